The van der Waals surface area contributed by atoms with Crippen molar-refractivity contribution in [1.82, 2.24) is 5.32 Å². The molecule has 6 heteroatoms. The van der Waals surface area contributed by atoms with Crippen molar-refractivity contribution in [1.29, 1.82) is 0 Å². The van der Waals surface area contributed by atoms with Crippen LogP contribution in [0.5, 0.6) is 0 Å². The zero-order valence-corrected chi connectivity index (χ0v) is 14.8. The van der Waals surface area contributed by atoms with Crippen LogP contribution < -0.4 is 5.32 Å². The van der Waals surface area contributed by atoms with Gasteiger partial charge in [-0.2, -0.15) is 0 Å². The number of hydrogen-bond acceptors (Lipinski definition) is 5. The zero-order chi connectivity index (χ0) is 17.1. The van der Waals surface area contributed by atoms with Gasteiger partial charge in [0.1, 0.15) is 6.04 Å². The first kappa shape index (κ1) is 20.4. The van der Waals surface area contributed by atoms with E-state index in [0.29, 0.717) is 19.1 Å². The molecule has 1 rings (SSSR count). The summed E-state index contributed by atoms with van der Waals surface area (Å²) in [4.78, 5) is 11.3. The summed E-state index contributed by atoms with van der Waals surface area (Å²) in [6.07, 6.45) is 5.08. The monoisotopic (exact) mass is 331 g/mol. The van der Waals surface area contributed by atoms with Crippen molar-refractivity contribution in [3.05, 3.63) is 0 Å². The number of hydrogen-bond donors (Lipinski definition) is 2. The number of carboxylic acid groups (broad SMARTS) is 1. The molecule has 0 unspecified atom stereocenters. The molecule has 1 heterocycles. The number of rotatable bonds is 12. The summed E-state index contributed by atoms with van der Waals surface area (Å²) >= 11 is 0. The Balaban J connectivity index is 2.21. The second kappa shape index (κ2) is 11.8. The molecule has 0 aliphatic carbocycles. The second-order valence-electron chi connectivity index (χ2n) is 6.35. The Hall–Kier alpha value is -0.690. The van der Waals surface area contributed by atoms with Crippen LogP contribution in [0.3, 0.4) is 0 Å². The Morgan fingerprint density at radius 3 is 2.83 bits per heavy atom. The van der Waals surface area contributed by atoms with Crippen molar-refractivity contribution >= 4 is 5.97 Å². The first-order valence-electron chi connectivity index (χ1n) is 8.75. The van der Waals surface area contributed by atoms with Crippen LogP contribution >= 0.6 is 0 Å². The van der Waals surface area contributed by atoms with Gasteiger partial charge in [0, 0.05) is 26.4 Å². The van der Waals surface area contributed by atoms with Gasteiger partial charge in [-0.15, -0.1) is 0 Å². The molecular formula is C17H33NO5. The lowest BCUT2D eigenvalue weighted by atomic mass is 9.98. The molecule has 0 aromatic rings. The first-order chi connectivity index (χ1) is 11.1. The van der Waals surface area contributed by atoms with Gasteiger partial charge >= 0.3 is 5.97 Å². The lowest BCUT2D eigenvalue weighted by Gasteiger charge is -2.26. The van der Waals surface area contributed by atoms with E-state index in [2.05, 4.69) is 19.2 Å². The van der Waals surface area contributed by atoms with Crippen molar-refractivity contribution in [2.24, 2.45) is 5.92 Å². The van der Waals surface area contributed by atoms with Crippen LogP contribution in [-0.2, 0) is 19.0 Å². The fourth-order valence-electron chi connectivity index (χ4n) is 2.83. The molecule has 4 atom stereocenters. The summed E-state index contributed by atoms with van der Waals surface area (Å²) < 4.78 is 16.4. The summed E-state index contributed by atoms with van der Waals surface area (Å²) in [6, 6.07) is -0.564. The summed E-state index contributed by atoms with van der Waals surface area (Å²) in [5, 5.41) is 12.4. The van der Waals surface area contributed by atoms with E-state index in [9.17, 15) is 9.90 Å². The second-order valence-corrected chi connectivity index (χ2v) is 6.35. The minimum absolute atomic E-state index is 0.108. The number of methoxy groups -OCH3 is 1. The molecule has 1 saturated heterocycles. The van der Waals surface area contributed by atoms with Gasteiger partial charge in [-0.1, -0.05) is 20.3 Å². The highest BCUT2D eigenvalue weighted by molar-refractivity contribution is 5.73. The van der Waals surface area contributed by atoms with Crippen molar-refractivity contribution in [3.8, 4) is 0 Å². The van der Waals surface area contributed by atoms with E-state index in [1.54, 1.807) is 7.11 Å². The van der Waals surface area contributed by atoms with Crippen LogP contribution in [0.2, 0.25) is 0 Å². The Bertz CT molecular complexity index is 320. The molecule has 0 aromatic carbocycles. The van der Waals surface area contributed by atoms with Crippen molar-refractivity contribution < 1.29 is 24.1 Å². The normalized spacial score (nSPS) is 22.5. The number of nitrogens with one attached hydrogen (secondary N) is 1. The highest BCUT2D eigenvalue weighted by Crippen LogP contribution is 2.15. The number of carbonyl (C=O) groups is 1. The minimum Gasteiger partial charge on any atom is -0.480 e. The van der Waals surface area contributed by atoms with Crippen molar-refractivity contribution in [2.45, 2.75) is 64.1 Å². The third-order valence-electron chi connectivity index (χ3n) is 4.54. The number of aliphatic carboxylic acids is 1. The predicted octanol–water partition coefficient (Wildman–Crippen LogP) is 2.07. The van der Waals surface area contributed by atoms with Crippen LogP contribution in [0.1, 0.15) is 46.0 Å². The molecule has 0 aromatic heterocycles. The fraction of sp³-hybridized carbons (Fsp3) is 0.941. The van der Waals surface area contributed by atoms with E-state index in [0.717, 1.165) is 38.7 Å². The van der Waals surface area contributed by atoms with Crippen LogP contribution in [0.25, 0.3) is 0 Å². The smallest absolute Gasteiger partial charge is 0.323 e. The van der Waals surface area contributed by atoms with Crippen LogP contribution in [0.15, 0.2) is 0 Å². The fourth-order valence-corrected chi connectivity index (χ4v) is 2.83. The van der Waals surface area contributed by atoms with Crippen LogP contribution in [0, 0.1) is 5.92 Å². The molecule has 1 aliphatic heterocycles. The quantitative estimate of drug-likeness (QED) is 0.533. The third kappa shape index (κ3) is 8.11. The summed E-state index contributed by atoms with van der Waals surface area (Å²) in [7, 11) is 1.74. The molecule has 0 amide bonds. The molecule has 0 radical (unpaired) electrons. The minimum atomic E-state index is -0.870. The maximum Gasteiger partial charge on any atom is 0.323 e. The van der Waals surface area contributed by atoms with Gasteiger partial charge in [0.25, 0.3) is 0 Å². The van der Waals surface area contributed by atoms with E-state index in [1.807, 2.05) is 0 Å². The highest BCUT2D eigenvalue weighted by Gasteiger charge is 2.23. The molecule has 1 fully saturated rings. The summed E-state index contributed by atoms with van der Waals surface area (Å²) in [5.41, 5.74) is 0. The lowest BCUT2D eigenvalue weighted by Crippen LogP contribution is -2.49. The molecule has 1 aliphatic rings. The maximum atomic E-state index is 11.3. The van der Waals surface area contributed by atoms with E-state index >= 15 is 0 Å². The average molecular weight is 331 g/mol. The first-order valence-corrected chi connectivity index (χ1v) is 8.75. The zero-order valence-electron chi connectivity index (χ0n) is 14.8. The third-order valence-corrected chi connectivity index (χ3v) is 4.54. The Labute approximate surface area is 139 Å². The average Bonchev–Trinajstić information content (AvgIpc) is 2.57. The Kier molecular flexibility index (Phi) is 10.4. The van der Waals surface area contributed by atoms with E-state index in [1.165, 1.54) is 0 Å². The van der Waals surface area contributed by atoms with Gasteiger partial charge in [0.05, 0.1) is 19.3 Å². The molecule has 136 valence electrons. The molecule has 6 nitrogen and oxygen atoms in total. The van der Waals surface area contributed by atoms with Crippen LogP contribution in [0.4, 0.5) is 0 Å². The van der Waals surface area contributed by atoms with Crippen molar-refractivity contribution in [3.63, 3.8) is 0 Å². The van der Waals surface area contributed by atoms with Gasteiger partial charge in [-0.25, -0.2) is 0 Å². The SMILES string of the molecule is CC[C@H](C)[C@H](CCCOC[C@H](N[C@@H]1CCCOC1)C(=O)O)OC. The number of carboxylic acids is 1. The van der Waals surface area contributed by atoms with Gasteiger partial charge in [-0.3, -0.25) is 10.1 Å². The summed E-state index contributed by atoms with van der Waals surface area (Å²) in [6.45, 7) is 6.43. The van der Waals surface area contributed by atoms with E-state index in [4.69, 9.17) is 14.2 Å². The topological polar surface area (TPSA) is 77.0 Å². The summed E-state index contributed by atoms with van der Waals surface area (Å²) in [5.74, 6) is -0.343. The highest BCUT2D eigenvalue weighted by atomic mass is 16.5. The van der Waals surface area contributed by atoms with E-state index < -0.39 is 12.0 Å². The largest absolute Gasteiger partial charge is 0.480 e. The van der Waals surface area contributed by atoms with Crippen LogP contribution in [-0.4, -0.2) is 62.8 Å². The van der Waals surface area contributed by atoms with Gasteiger partial charge in [0.15, 0.2) is 0 Å². The van der Waals surface area contributed by atoms with Crippen molar-refractivity contribution in [2.75, 3.05) is 33.5 Å². The molecular weight excluding hydrogens is 298 g/mol. The Morgan fingerprint density at radius 1 is 1.48 bits per heavy atom. The molecule has 0 bridgehead atoms. The van der Waals surface area contributed by atoms with Gasteiger partial charge in [0.2, 0.25) is 0 Å². The lowest BCUT2D eigenvalue weighted by molar-refractivity contribution is -0.141. The molecule has 0 saturated carbocycles. The predicted molar refractivity (Wildman–Crippen MR) is 88.7 cm³/mol. The maximum absolute atomic E-state index is 11.3. The number of ether oxygens (including phenoxy) is 3. The van der Waals surface area contributed by atoms with Gasteiger partial charge in [-0.05, 0) is 31.6 Å². The Morgan fingerprint density at radius 2 is 2.26 bits per heavy atom. The molecule has 0 spiro atoms. The standard InChI is InChI=1S/C17H33NO5/c1-4-13(2)16(21-3)8-6-10-23-12-15(17(19)20)18-14-7-5-9-22-11-14/h13-16,18H,4-12H2,1-3H3,(H,19,20)/t13-,14+,15-,16-/m0/s1. The molecule has 23 heavy (non-hydrogen) atoms. The van der Waals surface area contributed by atoms with E-state index in [-0.39, 0.29) is 18.8 Å². The molecule has 2 N–H and O–H groups in total. The van der Waals surface area contributed by atoms with Gasteiger partial charge < -0.3 is 19.3 Å².